The van der Waals surface area contributed by atoms with Gasteiger partial charge in [-0.1, -0.05) is 18.2 Å². The maximum absolute atomic E-state index is 14.1. The van der Waals surface area contributed by atoms with Crippen molar-refractivity contribution < 1.29 is 13.9 Å². The van der Waals surface area contributed by atoms with Crippen molar-refractivity contribution >= 4 is 17.4 Å². The Bertz CT molecular complexity index is 894. The van der Waals surface area contributed by atoms with Gasteiger partial charge in [-0.2, -0.15) is 0 Å². The Kier molecular flexibility index (Phi) is 4.61. The lowest BCUT2D eigenvalue weighted by Crippen LogP contribution is -2.17. The van der Waals surface area contributed by atoms with Gasteiger partial charge in [0, 0.05) is 12.3 Å². The fourth-order valence-electron chi connectivity index (χ4n) is 2.35. The van der Waals surface area contributed by atoms with E-state index in [0.29, 0.717) is 17.1 Å². The van der Waals surface area contributed by atoms with Crippen LogP contribution in [0.4, 0.5) is 15.9 Å². The lowest BCUT2D eigenvalue weighted by atomic mass is 10.1. The molecule has 0 saturated carbocycles. The molecule has 0 unspecified atom stereocenters. The van der Waals surface area contributed by atoms with Gasteiger partial charge in [-0.3, -0.25) is 4.79 Å². The maximum atomic E-state index is 14.1. The molecule has 3 aromatic rings. The normalized spacial score (nSPS) is 10.3. The summed E-state index contributed by atoms with van der Waals surface area (Å²) in [5.74, 6) is -0.000139. The van der Waals surface area contributed by atoms with Gasteiger partial charge in [0.25, 0.3) is 5.91 Å². The molecule has 6 heteroatoms. The summed E-state index contributed by atoms with van der Waals surface area (Å²) in [6.45, 7) is 1.73. The first-order chi connectivity index (χ1) is 12.0. The number of aryl methyl sites for hydroxylation is 1. The van der Waals surface area contributed by atoms with Crippen molar-refractivity contribution in [1.29, 1.82) is 0 Å². The van der Waals surface area contributed by atoms with Crippen molar-refractivity contribution in [3.63, 3.8) is 0 Å². The lowest BCUT2D eigenvalue weighted by molar-refractivity contribution is 0.102. The molecule has 3 N–H and O–H groups in total. The van der Waals surface area contributed by atoms with Gasteiger partial charge in [-0.05, 0) is 42.8 Å². The Labute approximate surface area is 144 Å². The molecule has 0 aliphatic rings. The number of halogens is 1. The van der Waals surface area contributed by atoms with E-state index in [1.54, 1.807) is 25.1 Å². The van der Waals surface area contributed by atoms with Gasteiger partial charge in [-0.25, -0.2) is 9.37 Å². The van der Waals surface area contributed by atoms with Crippen LogP contribution in [-0.4, -0.2) is 10.9 Å². The second-order valence-electron chi connectivity index (χ2n) is 5.40. The topological polar surface area (TPSA) is 77.2 Å². The first-order valence-electron chi connectivity index (χ1n) is 7.59. The number of benzene rings is 2. The molecule has 0 aliphatic carbocycles. The number of para-hydroxylation sites is 1. The van der Waals surface area contributed by atoms with Crippen molar-refractivity contribution in [2.75, 3.05) is 11.1 Å². The van der Waals surface area contributed by atoms with Crippen LogP contribution in [-0.2, 0) is 0 Å². The maximum Gasteiger partial charge on any atom is 0.259 e. The van der Waals surface area contributed by atoms with E-state index >= 15 is 0 Å². The van der Waals surface area contributed by atoms with Gasteiger partial charge >= 0.3 is 0 Å². The molecular weight excluding hydrogens is 321 g/mol. The summed E-state index contributed by atoms with van der Waals surface area (Å²) in [5, 5.41) is 2.52. The number of ether oxygens (including phenoxy) is 1. The molecule has 0 aliphatic heterocycles. The van der Waals surface area contributed by atoms with Gasteiger partial charge in [-0.15, -0.1) is 0 Å². The van der Waals surface area contributed by atoms with Gasteiger partial charge in [0.1, 0.15) is 23.1 Å². The molecule has 0 atom stereocenters. The monoisotopic (exact) mass is 337 g/mol. The highest BCUT2D eigenvalue weighted by Crippen LogP contribution is 2.27. The minimum Gasteiger partial charge on any atom is -0.457 e. The molecule has 0 fully saturated rings. The zero-order valence-corrected chi connectivity index (χ0v) is 13.5. The van der Waals surface area contributed by atoms with Gasteiger partial charge in [0.15, 0.2) is 0 Å². The number of amides is 1. The fourth-order valence-corrected chi connectivity index (χ4v) is 2.35. The number of rotatable bonds is 4. The summed E-state index contributed by atoms with van der Waals surface area (Å²) >= 11 is 0. The minimum absolute atomic E-state index is 0.00100. The SMILES string of the molecule is Cc1ccnc(N)c1C(=O)Nc1cc(Oc2ccccc2)ccc1F. The smallest absolute Gasteiger partial charge is 0.259 e. The van der Waals surface area contributed by atoms with Crippen molar-refractivity contribution in [2.45, 2.75) is 6.92 Å². The third-order valence-corrected chi connectivity index (χ3v) is 3.58. The molecule has 0 spiro atoms. The lowest BCUT2D eigenvalue weighted by Gasteiger charge is -2.12. The van der Waals surface area contributed by atoms with Crippen molar-refractivity contribution in [1.82, 2.24) is 4.98 Å². The second kappa shape index (κ2) is 7.00. The molecule has 0 bridgehead atoms. The second-order valence-corrected chi connectivity index (χ2v) is 5.40. The first-order valence-corrected chi connectivity index (χ1v) is 7.59. The number of nitrogens with two attached hydrogens (primary N) is 1. The molecule has 25 heavy (non-hydrogen) atoms. The number of pyridine rings is 1. The van der Waals surface area contributed by atoms with Crippen LogP contribution in [0.1, 0.15) is 15.9 Å². The number of hydrogen-bond donors (Lipinski definition) is 2. The summed E-state index contributed by atoms with van der Waals surface area (Å²) in [4.78, 5) is 16.3. The van der Waals surface area contributed by atoms with E-state index in [0.717, 1.165) is 0 Å². The van der Waals surface area contributed by atoms with Crippen LogP contribution in [0.3, 0.4) is 0 Å². The minimum atomic E-state index is -0.575. The van der Waals surface area contributed by atoms with Crippen LogP contribution in [0.2, 0.25) is 0 Å². The standard InChI is InChI=1S/C19H16FN3O2/c1-12-9-10-22-18(21)17(12)19(24)23-16-11-14(7-8-15(16)20)25-13-5-3-2-4-6-13/h2-11H,1H3,(H2,21,22)(H,23,24). The van der Waals surface area contributed by atoms with E-state index in [-0.39, 0.29) is 17.1 Å². The fraction of sp³-hybridized carbons (Fsp3) is 0.0526. The Balaban J connectivity index is 1.85. The zero-order chi connectivity index (χ0) is 17.8. The predicted molar refractivity (Wildman–Crippen MR) is 94.3 cm³/mol. The summed E-state index contributed by atoms with van der Waals surface area (Å²) in [6, 6.07) is 14.9. The third kappa shape index (κ3) is 3.74. The summed E-state index contributed by atoms with van der Waals surface area (Å²) in [6.07, 6.45) is 1.51. The van der Waals surface area contributed by atoms with Gasteiger partial charge in [0.05, 0.1) is 11.3 Å². The van der Waals surface area contributed by atoms with Crippen molar-refractivity contribution in [2.24, 2.45) is 0 Å². The largest absolute Gasteiger partial charge is 0.457 e. The number of hydrogen-bond acceptors (Lipinski definition) is 4. The van der Waals surface area contributed by atoms with Crippen LogP contribution in [0.5, 0.6) is 11.5 Å². The number of nitrogens with zero attached hydrogens (tertiary/aromatic N) is 1. The average Bonchev–Trinajstić information content (AvgIpc) is 2.59. The van der Waals surface area contributed by atoms with E-state index in [1.807, 2.05) is 18.2 Å². The Morgan fingerprint density at radius 3 is 2.60 bits per heavy atom. The summed E-state index contributed by atoms with van der Waals surface area (Å²) < 4.78 is 19.7. The Morgan fingerprint density at radius 2 is 1.88 bits per heavy atom. The Hall–Kier alpha value is -3.41. The van der Waals surface area contributed by atoms with E-state index in [2.05, 4.69) is 10.3 Å². The van der Waals surface area contributed by atoms with E-state index in [9.17, 15) is 9.18 Å². The van der Waals surface area contributed by atoms with Crippen LogP contribution >= 0.6 is 0 Å². The van der Waals surface area contributed by atoms with Crippen molar-refractivity contribution in [3.05, 3.63) is 77.7 Å². The first kappa shape index (κ1) is 16.4. The van der Waals surface area contributed by atoms with E-state index < -0.39 is 11.7 Å². The molecule has 5 nitrogen and oxygen atoms in total. The van der Waals surface area contributed by atoms with Crippen molar-refractivity contribution in [3.8, 4) is 11.5 Å². The molecule has 2 aromatic carbocycles. The molecule has 1 heterocycles. The molecule has 0 radical (unpaired) electrons. The number of nitrogens with one attached hydrogen (secondary N) is 1. The molecule has 1 aromatic heterocycles. The van der Waals surface area contributed by atoms with Crippen LogP contribution in [0, 0.1) is 12.7 Å². The van der Waals surface area contributed by atoms with Gasteiger partial charge in [0.2, 0.25) is 0 Å². The van der Waals surface area contributed by atoms with E-state index in [1.165, 1.54) is 24.4 Å². The predicted octanol–water partition coefficient (Wildman–Crippen LogP) is 4.16. The zero-order valence-electron chi connectivity index (χ0n) is 13.5. The highest BCUT2D eigenvalue weighted by molar-refractivity contribution is 6.08. The number of nitrogen functional groups attached to an aromatic ring is 1. The Morgan fingerprint density at radius 1 is 1.12 bits per heavy atom. The molecule has 126 valence electrons. The van der Waals surface area contributed by atoms with Crippen LogP contribution in [0.25, 0.3) is 0 Å². The van der Waals surface area contributed by atoms with Gasteiger partial charge < -0.3 is 15.8 Å². The number of carbonyl (C=O) groups is 1. The molecular formula is C19H16FN3O2. The van der Waals surface area contributed by atoms with Crippen LogP contribution < -0.4 is 15.8 Å². The summed E-state index contributed by atoms with van der Waals surface area (Å²) in [7, 11) is 0. The summed E-state index contributed by atoms with van der Waals surface area (Å²) in [5.41, 5.74) is 6.63. The highest BCUT2D eigenvalue weighted by atomic mass is 19.1. The number of carbonyl (C=O) groups excluding carboxylic acids is 1. The highest BCUT2D eigenvalue weighted by Gasteiger charge is 2.16. The third-order valence-electron chi connectivity index (χ3n) is 3.58. The molecule has 1 amide bonds. The number of anilines is 2. The van der Waals surface area contributed by atoms with E-state index in [4.69, 9.17) is 10.5 Å². The van der Waals surface area contributed by atoms with Crippen LogP contribution in [0.15, 0.2) is 60.8 Å². The average molecular weight is 337 g/mol. The molecule has 3 rings (SSSR count). The quantitative estimate of drug-likeness (QED) is 0.749. The molecule has 0 saturated heterocycles. The number of aromatic nitrogens is 1.